The van der Waals surface area contributed by atoms with Crippen molar-refractivity contribution in [3.63, 3.8) is 0 Å². The van der Waals surface area contributed by atoms with Crippen LogP contribution < -0.4 is 20.2 Å². The van der Waals surface area contributed by atoms with Gasteiger partial charge in [0, 0.05) is 48.1 Å². The average molecular weight is 659 g/mol. The lowest BCUT2D eigenvalue weighted by atomic mass is 10.2. The van der Waals surface area contributed by atoms with Gasteiger partial charge in [0.15, 0.2) is 6.29 Å². The van der Waals surface area contributed by atoms with Gasteiger partial charge in [-0.1, -0.05) is 47.8 Å². The second kappa shape index (κ2) is 13.4. The van der Waals surface area contributed by atoms with Crippen molar-refractivity contribution in [3.05, 3.63) is 98.1 Å². The van der Waals surface area contributed by atoms with E-state index < -0.39 is 6.29 Å². The van der Waals surface area contributed by atoms with Gasteiger partial charge in [0.1, 0.15) is 24.8 Å². The maximum absolute atomic E-state index is 12.8. The van der Waals surface area contributed by atoms with Gasteiger partial charge >= 0.3 is 5.69 Å². The first-order valence-corrected chi connectivity index (χ1v) is 15.8. The van der Waals surface area contributed by atoms with Crippen molar-refractivity contribution < 1.29 is 14.2 Å². The van der Waals surface area contributed by atoms with E-state index in [4.69, 9.17) is 49.0 Å². The number of hydrogen-bond donors (Lipinski definition) is 0. The molecule has 0 radical (unpaired) electrons. The van der Waals surface area contributed by atoms with Gasteiger partial charge < -0.3 is 24.0 Å². The summed E-state index contributed by atoms with van der Waals surface area (Å²) in [5.74, 6) is 0.597. The van der Waals surface area contributed by atoms with Gasteiger partial charge in [-0.2, -0.15) is 5.10 Å². The lowest BCUT2D eigenvalue weighted by Gasteiger charge is -2.37. The van der Waals surface area contributed by atoms with E-state index in [0.29, 0.717) is 34.0 Å². The number of rotatable bonds is 9. The van der Waals surface area contributed by atoms with Crippen molar-refractivity contribution in [2.45, 2.75) is 38.7 Å². The largest absolute Gasteiger partial charge is 0.489 e. The van der Waals surface area contributed by atoms with Crippen LogP contribution in [0.25, 0.3) is 5.69 Å². The molecule has 232 valence electrons. The quantitative estimate of drug-likeness (QED) is 0.196. The van der Waals surface area contributed by atoms with Gasteiger partial charge in [0.05, 0.1) is 28.4 Å². The molecule has 9 nitrogen and oxygen atoms in total. The van der Waals surface area contributed by atoms with Crippen LogP contribution >= 0.6 is 34.8 Å². The van der Waals surface area contributed by atoms with Crippen LogP contribution in [-0.4, -0.2) is 59.8 Å². The first-order valence-electron chi connectivity index (χ1n) is 14.7. The molecule has 3 atom stereocenters. The molecule has 44 heavy (non-hydrogen) atoms. The minimum Gasteiger partial charge on any atom is -0.489 e. The fraction of sp³-hybridized carbons (Fsp3) is 0.375. The fourth-order valence-corrected chi connectivity index (χ4v) is 6.12. The highest BCUT2D eigenvalue weighted by Crippen LogP contribution is 2.35. The summed E-state index contributed by atoms with van der Waals surface area (Å²) in [7, 11) is 0. The van der Waals surface area contributed by atoms with Crippen molar-refractivity contribution in [3.8, 4) is 11.4 Å². The first-order chi connectivity index (χ1) is 21.3. The van der Waals surface area contributed by atoms with Crippen LogP contribution in [-0.2, 0) is 9.47 Å². The van der Waals surface area contributed by atoms with E-state index in [1.807, 2.05) is 44.2 Å². The predicted octanol–water partition coefficient (Wildman–Crippen LogP) is 6.78. The lowest BCUT2D eigenvalue weighted by Crippen LogP contribution is -2.46. The Labute approximate surface area is 271 Å². The highest BCUT2D eigenvalue weighted by atomic mass is 35.5. The Kier molecular flexibility index (Phi) is 9.40. The Morgan fingerprint density at radius 2 is 1.59 bits per heavy atom. The fourth-order valence-electron chi connectivity index (χ4n) is 5.39. The van der Waals surface area contributed by atoms with Crippen LogP contribution in [0.5, 0.6) is 5.75 Å². The molecule has 0 spiro atoms. The van der Waals surface area contributed by atoms with Crippen molar-refractivity contribution in [2.75, 3.05) is 49.2 Å². The molecular weight excluding hydrogens is 625 g/mol. The summed E-state index contributed by atoms with van der Waals surface area (Å²) in [6.07, 6.45) is 1.62. The molecule has 2 aliphatic heterocycles. The Morgan fingerprint density at radius 3 is 2.27 bits per heavy atom. The number of nitrogens with zero attached hydrogens (tertiary/aromatic N) is 5. The first kappa shape index (κ1) is 30.8. The van der Waals surface area contributed by atoms with Gasteiger partial charge in [-0.3, -0.25) is 0 Å². The summed E-state index contributed by atoms with van der Waals surface area (Å²) < 4.78 is 20.9. The molecule has 1 unspecified atom stereocenters. The number of halogens is 3. The van der Waals surface area contributed by atoms with Gasteiger partial charge in [-0.05, 0) is 67.9 Å². The van der Waals surface area contributed by atoms with Gasteiger partial charge in [0.25, 0.3) is 0 Å². The van der Waals surface area contributed by atoms with E-state index in [2.05, 4.69) is 27.0 Å². The summed E-state index contributed by atoms with van der Waals surface area (Å²) in [6.45, 7) is 8.14. The number of ether oxygens (including phenoxy) is 3. The minimum atomic E-state index is -0.563. The van der Waals surface area contributed by atoms with Crippen molar-refractivity contribution in [2.24, 2.45) is 0 Å². The molecule has 0 N–H and O–H groups in total. The number of benzene rings is 3. The SMILES string of the molecule is CCC(C)n1ncn(-c2ccc(N3CCN(c4ccc(OC[C@@H]5CO[C@@H](c6ccc(Cl)cc6Cl)O5)c(Cl)c4)CC3)cc2)c1=O. The maximum Gasteiger partial charge on any atom is 0.350 e. The van der Waals surface area contributed by atoms with E-state index in [1.54, 1.807) is 29.1 Å². The third-order valence-electron chi connectivity index (χ3n) is 8.15. The third kappa shape index (κ3) is 6.57. The van der Waals surface area contributed by atoms with Crippen molar-refractivity contribution in [1.82, 2.24) is 14.3 Å². The second-order valence-corrected chi connectivity index (χ2v) is 12.2. The molecule has 0 aliphatic carbocycles. The molecule has 3 aromatic carbocycles. The third-order valence-corrected chi connectivity index (χ3v) is 9.00. The summed E-state index contributed by atoms with van der Waals surface area (Å²) in [5.41, 5.74) is 3.59. The van der Waals surface area contributed by atoms with Crippen LogP contribution in [0.4, 0.5) is 11.4 Å². The molecule has 0 bridgehead atoms. The Hall–Kier alpha value is -3.21. The second-order valence-electron chi connectivity index (χ2n) is 11.0. The molecule has 1 aromatic heterocycles. The average Bonchev–Trinajstić information content (AvgIpc) is 3.67. The molecule has 2 aliphatic rings. The summed E-state index contributed by atoms with van der Waals surface area (Å²) in [5, 5.41) is 5.89. The van der Waals surface area contributed by atoms with E-state index in [1.165, 1.54) is 4.68 Å². The molecule has 12 heteroatoms. The van der Waals surface area contributed by atoms with Crippen LogP contribution in [0.15, 0.2) is 71.8 Å². The van der Waals surface area contributed by atoms with Gasteiger partial charge in [0.2, 0.25) is 0 Å². The molecule has 3 heterocycles. The summed E-state index contributed by atoms with van der Waals surface area (Å²) >= 11 is 18.9. The zero-order valence-corrected chi connectivity index (χ0v) is 26.8. The Morgan fingerprint density at radius 1 is 0.909 bits per heavy atom. The Balaban J connectivity index is 1.01. The summed E-state index contributed by atoms with van der Waals surface area (Å²) in [6, 6.07) is 19.2. The van der Waals surface area contributed by atoms with Crippen molar-refractivity contribution in [1.29, 1.82) is 0 Å². The molecule has 6 rings (SSSR count). The van der Waals surface area contributed by atoms with Gasteiger partial charge in [-0.25, -0.2) is 14.0 Å². The number of aromatic nitrogens is 3. The molecule has 0 saturated carbocycles. The van der Waals surface area contributed by atoms with Crippen molar-refractivity contribution >= 4 is 46.2 Å². The zero-order chi connectivity index (χ0) is 30.8. The minimum absolute atomic E-state index is 0.0643. The zero-order valence-electron chi connectivity index (χ0n) is 24.5. The van der Waals surface area contributed by atoms with Crippen LogP contribution in [0.3, 0.4) is 0 Å². The monoisotopic (exact) mass is 657 g/mol. The molecule has 2 saturated heterocycles. The maximum atomic E-state index is 12.8. The number of hydrogen-bond acceptors (Lipinski definition) is 7. The van der Waals surface area contributed by atoms with Crippen LogP contribution in [0, 0.1) is 0 Å². The van der Waals surface area contributed by atoms with E-state index >= 15 is 0 Å². The molecule has 4 aromatic rings. The van der Waals surface area contributed by atoms with E-state index in [9.17, 15) is 4.79 Å². The number of anilines is 2. The smallest absolute Gasteiger partial charge is 0.350 e. The lowest BCUT2D eigenvalue weighted by molar-refractivity contribution is -0.0658. The number of piperazine rings is 1. The normalized spacial score (nSPS) is 19.4. The van der Waals surface area contributed by atoms with Gasteiger partial charge in [-0.15, -0.1) is 0 Å². The predicted molar refractivity (Wildman–Crippen MR) is 174 cm³/mol. The Bertz CT molecular complexity index is 1650. The molecule has 0 amide bonds. The topological polar surface area (TPSA) is 74.0 Å². The molecule has 2 fully saturated rings. The van der Waals surface area contributed by atoms with Crippen LogP contribution in [0.2, 0.25) is 15.1 Å². The highest BCUT2D eigenvalue weighted by molar-refractivity contribution is 6.35. The van der Waals surface area contributed by atoms with E-state index in [-0.39, 0.29) is 17.8 Å². The molecular formula is C32H34Cl3N5O4. The van der Waals surface area contributed by atoms with E-state index in [0.717, 1.165) is 55.2 Å². The standard InChI is InChI=1S/C32H34Cl3N5O4/c1-3-21(2)40-32(41)39(20-36-40)24-7-5-23(6-8-24)37-12-14-38(15-13-37)25-9-11-30(29(35)17-25)42-18-26-19-43-31(44-26)27-10-4-22(33)16-28(27)34/h4-11,16-17,20-21,26,31H,3,12-15,18-19H2,1-2H3/t21?,26-,31-/m1/s1. The highest BCUT2D eigenvalue weighted by Gasteiger charge is 2.30. The van der Waals surface area contributed by atoms with Crippen LogP contribution in [0.1, 0.15) is 38.2 Å². The summed E-state index contributed by atoms with van der Waals surface area (Å²) in [4.78, 5) is 17.4.